The molecule has 8 heteroatoms. The van der Waals surface area contributed by atoms with Crippen LogP contribution in [0.2, 0.25) is 0 Å². The number of carbonyl (C=O) groups excluding carboxylic acids is 2. The molecule has 2 amide bonds. The minimum absolute atomic E-state index is 0.0930. The molecule has 7 nitrogen and oxygen atoms in total. The normalized spacial score (nSPS) is 13.6. The second-order valence-electron chi connectivity index (χ2n) is 6.77. The topological polar surface area (TPSA) is 84.3 Å². The van der Waals surface area contributed by atoms with Crippen LogP contribution in [-0.4, -0.2) is 33.9 Å². The van der Waals surface area contributed by atoms with Gasteiger partial charge in [0, 0.05) is 13.1 Å². The number of thioether (sulfide) groups is 1. The average Bonchev–Trinajstić information content (AvgIpc) is 2.65. The van der Waals surface area contributed by atoms with Gasteiger partial charge >= 0.3 is 0 Å². The lowest BCUT2D eigenvalue weighted by atomic mass is 10.2. The van der Waals surface area contributed by atoms with Crippen molar-refractivity contribution in [2.75, 3.05) is 17.2 Å². The van der Waals surface area contributed by atoms with Crippen LogP contribution in [0.25, 0.3) is 0 Å². The van der Waals surface area contributed by atoms with Crippen molar-refractivity contribution in [3.63, 3.8) is 0 Å². The van der Waals surface area contributed by atoms with Crippen LogP contribution in [0.1, 0.15) is 19.4 Å². The van der Waals surface area contributed by atoms with E-state index in [1.165, 1.54) is 16.7 Å². The van der Waals surface area contributed by atoms with Crippen LogP contribution in [0.4, 0.5) is 5.69 Å². The van der Waals surface area contributed by atoms with Crippen LogP contribution in [0, 0.1) is 5.92 Å². The summed E-state index contributed by atoms with van der Waals surface area (Å²) in [6.07, 6.45) is 1.56. The van der Waals surface area contributed by atoms with Crippen molar-refractivity contribution < 1.29 is 9.59 Å². The van der Waals surface area contributed by atoms with Crippen molar-refractivity contribution in [2.24, 2.45) is 5.92 Å². The van der Waals surface area contributed by atoms with Gasteiger partial charge in [0.05, 0.1) is 16.8 Å². The zero-order valence-electron chi connectivity index (χ0n) is 15.3. The Balaban J connectivity index is 1.77. The molecule has 142 valence electrons. The van der Waals surface area contributed by atoms with Gasteiger partial charge in [-0.3, -0.25) is 14.4 Å². The molecule has 2 aromatic rings. The maximum Gasteiger partial charge on any atom is 0.292 e. The Hall–Kier alpha value is -2.61. The molecule has 1 aromatic heterocycles. The highest BCUT2D eigenvalue weighted by Crippen LogP contribution is 2.32. The van der Waals surface area contributed by atoms with Gasteiger partial charge in [0.2, 0.25) is 11.8 Å². The summed E-state index contributed by atoms with van der Waals surface area (Å²) in [7, 11) is 0. The van der Waals surface area contributed by atoms with E-state index in [9.17, 15) is 14.4 Å². The molecule has 0 atom stereocenters. The van der Waals surface area contributed by atoms with E-state index in [2.05, 4.69) is 10.4 Å². The summed E-state index contributed by atoms with van der Waals surface area (Å²) in [6, 6.07) is 9.53. The SMILES string of the molecule is CC(C)CN1C(=O)CSc2cnn(CC(=O)NCc3ccccc3)c(=O)c21. The minimum atomic E-state index is -0.413. The van der Waals surface area contributed by atoms with E-state index in [1.54, 1.807) is 6.20 Å². The molecule has 0 spiro atoms. The number of amides is 2. The van der Waals surface area contributed by atoms with E-state index in [1.807, 2.05) is 44.2 Å². The summed E-state index contributed by atoms with van der Waals surface area (Å²) in [5.41, 5.74) is 0.890. The molecule has 2 heterocycles. The molecule has 0 radical (unpaired) electrons. The van der Waals surface area contributed by atoms with Gasteiger partial charge in [-0.1, -0.05) is 44.2 Å². The molecule has 27 heavy (non-hydrogen) atoms. The third-order valence-electron chi connectivity index (χ3n) is 4.08. The molecule has 1 N–H and O–H groups in total. The van der Waals surface area contributed by atoms with Crippen LogP contribution in [-0.2, 0) is 22.7 Å². The minimum Gasteiger partial charge on any atom is -0.350 e. The van der Waals surface area contributed by atoms with E-state index in [-0.39, 0.29) is 24.3 Å². The summed E-state index contributed by atoms with van der Waals surface area (Å²) in [6.45, 7) is 4.64. The van der Waals surface area contributed by atoms with Gasteiger partial charge in [0.25, 0.3) is 5.56 Å². The first kappa shape index (κ1) is 19.2. The fourth-order valence-corrected chi connectivity index (χ4v) is 3.71. The van der Waals surface area contributed by atoms with Crippen LogP contribution in [0.3, 0.4) is 0 Å². The van der Waals surface area contributed by atoms with Crippen LogP contribution >= 0.6 is 11.8 Å². The molecule has 0 saturated heterocycles. The number of nitrogens with zero attached hydrogens (tertiary/aromatic N) is 3. The maximum absolute atomic E-state index is 12.9. The number of hydrogen-bond donors (Lipinski definition) is 1. The Kier molecular flexibility index (Phi) is 5.95. The first-order valence-electron chi connectivity index (χ1n) is 8.79. The van der Waals surface area contributed by atoms with Crippen LogP contribution in [0.15, 0.2) is 46.2 Å². The Labute approximate surface area is 161 Å². The third-order valence-corrected chi connectivity index (χ3v) is 5.08. The van der Waals surface area contributed by atoms with Gasteiger partial charge in [-0.25, -0.2) is 4.68 Å². The number of fused-ring (bicyclic) bond motifs is 1. The van der Waals surface area contributed by atoms with Crippen molar-refractivity contribution in [1.82, 2.24) is 15.1 Å². The largest absolute Gasteiger partial charge is 0.350 e. The van der Waals surface area contributed by atoms with Gasteiger partial charge in [-0.2, -0.15) is 5.10 Å². The van der Waals surface area contributed by atoms with E-state index in [0.29, 0.717) is 29.4 Å². The Morgan fingerprint density at radius 2 is 2.00 bits per heavy atom. The summed E-state index contributed by atoms with van der Waals surface area (Å²) in [5, 5.41) is 6.89. The average molecular weight is 386 g/mol. The highest BCUT2D eigenvalue weighted by molar-refractivity contribution is 8.00. The molecule has 3 rings (SSSR count). The Morgan fingerprint density at radius 1 is 1.26 bits per heavy atom. The van der Waals surface area contributed by atoms with Crippen molar-refractivity contribution in [3.8, 4) is 0 Å². The van der Waals surface area contributed by atoms with E-state index >= 15 is 0 Å². The lowest BCUT2D eigenvalue weighted by molar-refractivity contribution is -0.122. The monoisotopic (exact) mass is 386 g/mol. The maximum atomic E-state index is 12.9. The van der Waals surface area contributed by atoms with E-state index in [4.69, 9.17) is 0 Å². The summed E-state index contributed by atoms with van der Waals surface area (Å²) >= 11 is 1.31. The number of hydrogen-bond acceptors (Lipinski definition) is 5. The molecule has 1 aliphatic heterocycles. The summed E-state index contributed by atoms with van der Waals surface area (Å²) in [5.74, 6) is 0.117. The van der Waals surface area contributed by atoms with Crippen molar-refractivity contribution >= 4 is 29.3 Å². The molecule has 0 unspecified atom stereocenters. The molecule has 0 saturated carbocycles. The first-order chi connectivity index (χ1) is 13.0. The second kappa shape index (κ2) is 8.39. The molecule has 0 aliphatic carbocycles. The number of rotatable bonds is 6. The standard InChI is InChI=1S/C19H22N4O3S/c1-13(2)10-22-17(25)12-27-15-9-21-23(19(26)18(15)22)11-16(24)20-8-14-6-4-3-5-7-14/h3-7,9,13H,8,10-12H2,1-2H3,(H,20,24). The van der Waals surface area contributed by atoms with E-state index < -0.39 is 5.56 Å². The zero-order valence-corrected chi connectivity index (χ0v) is 16.2. The van der Waals surface area contributed by atoms with Crippen molar-refractivity contribution in [1.29, 1.82) is 0 Å². The van der Waals surface area contributed by atoms with Gasteiger partial charge in [0.1, 0.15) is 12.2 Å². The van der Waals surface area contributed by atoms with Crippen LogP contribution in [0.5, 0.6) is 0 Å². The zero-order chi connectivity index (χ0) is 19.4. The number of carbonyl (C=O) groups is 2. The smallest absolute Gasteiger partial charge is 0.292 e. The highest BCUT2D eigenvalue weighted by atomic mass is 32.2. The quantitative estimate of drug-likeness (QED) is 0.816. The number of nitrogens with one attached hydrogen (secondary N) is 1. The van der Waals surface area contributed by atoms with Gasteiger partial charge < -0.3 is 10.2 Å². The fraction of sp³-hybridized carbons (Fsp3) is 0.368. The predicted octanol–water partition coefficient (Wildman–Crippen LogP) is 1.65. The lowest BCUT2D eigenvalue weighted by Gasteiger charge is -2.29. The predicted molar refractivity (Wildman–Crippen MR) is 105 cm³/mol. The van der Waals surface area contributed by atoms with Gasteiger partial charge in [-0.15, -0.1) is 11.8 Å². The lowest BCUT2D eigenvalue weighted by Crippen LogP contribution is -2.44. The van der Waals surface area contributed by atoms with Gasteiger partial charge in [-0.05, 0) is 11.5 Å². The first-order valence-corrected chi connectivity index (χ1v) is 9.78. The summed E-state index contributed by atoms with van der Waals surface area (Å²) < 4.78 is 1.12. The molecule has 0 bridgehead atoms. The number of aromatic nitrogens is 2. The second-order valence-corrected chi connectivity index (χ2v) is 7.79. The van der Waals surface area contributed by atoms with E-state index in [0.717, 1.165) is 10.2 Å². The summed E-state index contributed by atoms with van der Waals surface area (Å²) in [4.78, 5) is 39.6. The Bertz CT molecular complexity index is 896. The van der Waals surface area contributed by atoms with Gasteiger partial charge in [0.15, 0.2) is 0 Å². The Morgan fingerprint density at radius 3 is 2.70 bits per heavy atom. The molecular formula is C19H22N4O3S. The third kappa shape index (κ3) is 4.57. The van der Waals surface area contributed by atoms with Crippen molar-refractivity contribution in [2.45, 2.75) is 31.8 Å². The fourth-order valence-electron chi connectivity index (χ4n) is 2.82. The molecular weight excluding hydrogens is 364 g/mol. The number of benzene rings is 1. The molecule has 0 fully saturated rings. The highest BCUT2D eigenvalue weighted by Gasteiger charge is 2.29. The van der Waals surface area contributed by atoms with Crippen molar-refractivity contribution in [3.05, 3.63) is 52.4 Å². The van der Waals surface area contributed by atoms with Crippen LogP contribution < -0.4 is 15.8 Å². The number of anilines is 1. The molecule has 1 aromatic carbocycles. The molecule has 1 aliphatic rings.